The van der Waals surface area contributed by atoms with Crippen molar-refractivity contribution in [1.29, 1.82) is 0 Å². The molecule has 1 atom stereocenters. The summed E-state index contributed by atoms with van der Waals surface area (Å²) in [6, 6.07) is 7.57. The van der Waals surface area contributed by atoms with Gasteiger partial charge >= 0.3 is 0 Å². The number of carbonyl (C=O) groups is 1. The summed E-state index contributed by atoms with van der Waals surface area (Å²) in [6.45, 7) is 0.907. The number of aliphatic hydroxyl groups excluding tert-OH is 1. The Labute approximate surface area is 111 Å². The lowest BCUT2D eigenvalue weighted by atomic mass is 10.1. The Hall–Kier alpha value is -1.04. The molecule has 0 aromatic heterocycles. The third-order valence-corrected chi connectivity index (χ3v) is 4.02. The molecule has 1 aromatic rings. The van der Waals surface area contributed by atoms with Gasteiger partial charge in [-0.2, -0.15) is 11.8 Å². The molecule has 0 spiro atoms. The number of hydrogen-bond donors (Lipinski definition) is 3. The smallest absolute Gasteiger partial charge is 0.225 e. The first-order valence-electron chi connectivity index (χ1n) is 6.09. The van der Waals surface area contributed by atoms with Gasteiger partial charge in [-0.1, -0.05) is 18.2 Å². The molecule has 18 heavy (non-hydrogen) atoms. The number of aliphatic hydroxyl groups is 1. The minimum atomic E-state index is -0.0615. The van der Waals surface area contributed by atoms with Crippen LogP contribution in [-0.4, -0.2) is 35.1 Å². The second-order valence-electron chi connectivity index (χ2n) is 4.29. The van der Waals surface area contributed by atoms with Crippen LogP contribution in [0.4, 0.5) is 5.69 Å². The Kier molecular flexibility index (Phi) is 5.04. The van der Waals surface area contributed by atoms with Crippen molar-refractivity contribution in [3.8, 4) is 0 Å². The fourth-order valence-electron chi connectivity index (χ4n) is 1.96. The third kappa shape index (κ3) is 3.73. The maximum absolute atomic E-state index is 11.9. The van der Waals surface area contributed by atoms with E-state index in [2.05, 4.69) is 10.6 Å². The van der Waals surface area contributed by atoms with Crippen LogP contribution in [0.3, 0.4) is 0 Å². The molecule has 1 saturated heterocycles. The number of thioether (sulfide) groups is 1. The van der Waals surface area contributed by atoms with E-state index in [-0.39, 0.29) is 18.6 Å². The fraction of sp³-hybridized carbons (Fsp3) is 0.462. The molecule has 0 radical (unpaired) electrons. The largest absolute Gasteiger partial charge is 0.392 e. The SMILES string of the molecule is O=C(CC1CSCCN1)Nc1ccccc1CO. The first kappa shape index (κ1) is 13.4. The van der Waals surface area contributed by atoms with E-state index in [9.17, 15) is 9.90 Å². The van der Waals surface area contributed by atoms with Gasteiger partial charge in [-0.3, -0.25) is 4.79 Å². The van der Waals surface area contributed by atoms with Gasteiger partial charge in [-0.05, 0) is 6.07 Å². The highest BCUT2D eigenvalue weighted by Crippen LogP contribution is 2.16. The van der Waals surface area contributed by atoms with Crippen LogP contribution in [-0.2, 0) is 11.4 Å². The van der Waals surface area contributed by atoms with Crippen LogP contribution in [0.5, 0.6) is 0 Å². The van der Waals surface area contributed by atoms with Crippen molar-refractivity contribution in [2.45, 2.75) is 19.1 Å². The Balaban J connectivity index is 1.90. The molecule has 5 heteroatoms. The number of hydrogen-bond acceptors (Lipinski definition) is 4. The normalized spacial score (nSPS) is 19.5. The summed E-state index contributed by atoms with van der Waals surface area (Å²) in [5, 5.41) is 15.4. The number of nitrogens with one attached hydrogen (secondary N) is 2. The van der Waals surface area contributed by atoms with Crippen molar-refractivity contribution in [3.05, 3.63) is 29.8 Å². The summed E-state index contributed by atoms with van der Waals surface area (Å²) in [5.41, 5.74) is 1.45. The molecule has 1 aliphatic rings. The standard InChI is InChI=1S/C13H18N2O2S/c16-8-10-3-1-2-4-12(10)15-13(17)7-11-9-18-6-5-14-11/h1-4,11,14,16H,5-9H2,(H,15,17). The van der Waals surface area contributed by atoms with Crippen molar-refractivity contribution < 1.29 is 9.90 Å². The van der Waals surface area contributed by atoms with Crippen LogP contribution in [0.25, 0.3) is 0 Å². The van der Waals surface area contributed by atoms with Crippen molar-refractivity contribution in [2.75, 3.05) is 23.4 Å². The lowest BCUT2D eigenvalue weighted by Crippen LogP contribution is -2.39. The molecule has 98 valence electrons. The van der Waals surface area contributed by atoms with Gasteiger partial charge in [-0.25, -0.2) is 0 Å². The molecule has 0 aliphatic carbocycles. The predicted octanol–water partition coefficient (Wildman–Crippen LogP) is 1.21. The van der Waals surface area contributed by atoms with Gasteiger partial charge in [0, 0.05) is 41.8 Å². The summed E-state index contributed by atoms with van der Waals surface area (Å²) in [6.07, 6.45) is 0.479. The van der Waals surface area contributed by atoms with Crippen LogP contribution < -0.4 is 10.6 Å². The van der Waals surface area contributed by atoms with E-state index in [0.717, 1.165) is 23.6 Å². The lowest BCUT2D eigenvalue weighted by molar-refractivity contribution is -0.116. The summed E-state index contributed by atoms with van der Waals surface area (Å²) in [5.74, 6) is 2.09. The molecule has 4 nitrogen and oxygen atoms in total. The molecule has 0 saturated carbocycles. The quantitative estimate of drug-likeness (QED) is 0.766. The highest BCUT2D eigenvalue weighted by molar-refractivity contribution is 7.99. The van der Waals surface area contributed by atoms with Gasteiger partial charge in [0.15, 0.2) is 0 Å². The predicted molar refractivity (Wildman–Crippen MR) is 74.7 cm³/mol. The summed E-state index contributed by atoms with van der Waals surface area (Å²) in [4.78, 5) is 11.9. The Morgan fingerprint density at radius 3 is 3.06 bits per heavy atom. The van der Waals surface area contributed by atoms with Crippen LogP contribution in [0, 0.1) is 0 Å². The number of carbonyl (C=O) groups excluding carboxylic acids is 1. The minimum absolute atomic E-state index is 0.00380. The number of para-hydroxylation sites is 1. The van der Waals surface area contributed by atoms with Gasteiger partial charge in [-0.15, -0.1) is 0 Å². The number of anilines is 1. The first-order chi connectivity index (χ1) is 8.79. The summed E-state index contributed by atoms with van der Waals surface area (Å²) < 4.78 is 0. The van der Waals surface area contributed by atoms with Gasteiger partial charge in [0.1, 0.15) is 0 Å². The zero-order valence-corrected chi connectivity index (χ0v) is 11.0. The molecule has 1 unspecified atom stereocenters. The first-order valence-corrected chi connectivity index (χ1v) is 7.25. The van der Waals surface area contributed by atoms with Crippen molar-refractivity contribution in [1.82, 2.24) is 5.32 Å². The zero-order chi connectivity index (χ0) is 12.8. The fourth-order valence-corrected chi connectivity index (χ4v) is 2.91. The molecule has 1 aromatic carbocycles. The van der Waals surface area contributed by atoms with E-state index in [1.165, 1.54) is 0 Å². The van der Waals surface area contributed by atoms with Gasteiger partial charge in [0.05, 0.1) is 6.61 Å². The molecule has 1 heterocycles. The zero-order valence-electron chi connectivity index (χ0n) is 10.2. The van der Waals surface area contributed by atoms with Crippen LogP contribution in [0.1, 0.15) is 12.0 Å². The van der Waals surface area contributed by atoms with E-state index in [1.54, 1.807) is 0 Å². The molecular formula is C13H18N2O2S. The van der Waals surface area contributed by atoms with Crippen molar-refractivity contribution in [2.24, 2.45) is 0 Å². The van der Waals surface area contributed by atoms with Crippen LogP contribution >= 0.6 is 11.8 Å². The number of rotatable bonds is 4. The maximum Gasteiger partial charge on any atom is 0.225 e. The van der Waals surface area contributed by atoms with Crippen LogP contribution in [0.15, 0.2) is 24.3 Å². The lowest BCUT2D eigenvalue weighted by Gasteiger charge is -2.22. The Morgan fingerprint density at radius 2 is 2.33 bits per heavy atom. The topological polar surface area (TPSA) is 61.4 Å². The third-order valence-electron chi connectivity index (χ3n) is 2.89. The monoisotopic (exact) mass is 266 g/mol. The van der Waals surface area contributed by atoms with Gasteiger partial charge < -0.3 is 15.7 Å². The van der Waals surface area contributed by atoms with E-state index < -0.39 is 0 Å². The second-order valence-corrected chi connectivity index (χ2v) is 5.44. The summed E-state index contributed by atoms with van der Waals surface area (Å²) in [7, 11) is 0. The minimum Gasteiger partial charge on any atom is -0.392 e. The van der Waals surface area contributed by atoms with Gasteiger partial charge in [0.25, 0.3) is 0 Å². The molecule has 1 amide bonds. The molecular weight excluding hydrogens is 248 g/mol. The average Bonchev–Trinajstić information content (AvgIpc) is 2.40. The Bertz CT molecular complexity index is 406. The molecule has 3 N–H and O–H groups in total. The van der Waals surface area contributed by atoms with E-state index >= 15 is 0 Å². The number of amides is 1. The molecule has 0 bridgehead atoms. The highest BCUT2D eigenvalue weighted by atomic mass is 32.2. The van der Waals surface area contributed by atoms with E-state index in [4.69, 9.17) is 0 Å². The van der Waals surface area contributed by atoms with Gasteiger partial charge in [0.2, 0.25) is 5.91 Å². The second kappa shape index (κ2) is 6.78. The number of benzene rings is 1. The molecule has 1 fully saturated rings. The highest BCUT2D eigenvalue weighted by Gasteiger charge is 2.17. The van der Waals surface area contributed by atoms with E-state index in [0.29, 0.717) is 12.1 Å². The summed E-state index contributed by atoms with van der Waals surface area (Å²) >= 11 is 1.88. The Morgan fingerprint density at radius 1 is 1.50 bits per heavy atom. The maximum atomic E-state index is 11.9. The van der Waals surface area contributed by atoms with E-state index in [1.807, 2.05) is 36.0 Å². The average molecular weight is 266 g/mol. The molecule has 2 rings (SSSR count). The molecule has 1 aliphatic heterocycles. The van der Waals surface area contributed by atoms with Crippen molar-refractivity contribution >= 4 is 23.4 Å². The van der Waals surface area contributed by atoms with Crippen molar-refractivity contribution in [3.63, 3.8) is 0 Å². The van der Waals surface area contributed by atoms with Crippen LogP contribution in [0.2, 0.25) is 0 Å².